The Morgan fingerprint density at radius 3 is 2.63 bits per heavy atom. The second kappa shape index (κ2) is 7.95. The number of nitrogen functional groups attached to an aromatic ring is 1. The lowest BCUT2D eigenvalue weighted by atomic mass is 10.1. The van der Waals surface area contributed by atoms with Crippen LogP contribution in [0.4, 0.5) is 17.5 Å². The number of rotatable bonds is 5. The number of amides is 1. The lowest BCUT2D eigenvalue weighted by Gasteiger charge is -2.10. The van der Waals surface area contributed by atoms with Gasteiger partial charge in [-0.3, -0.25) is 9.78 Å². The van der Waals surface area contributed by atoms with Crippen LogP contribution in [0.3, 0.4) is 0 Å². The van der Waals surface area contributed by atoms with Crippen molar-refractivity contribution in [3.8, 4) is 22.8 Å². The first-order valence-electron chi connectivity index (χ1n) is 8.97. The fraction of sp³-hybridized carbons (Fsp3) is 0.100. The average molecular weight is 404 g/mol. The van der Waals surface area contributed by atoms with Crippen LogP contribution in [-0.2, 0) is 0 Å². The van der Waals surface area contributed by atoms with Gasteiger partial charge in [-0.2, -0.15) is 0 Å². The molecule has 1 aromatic carbocycles. The first-order chi connectivity index (χ1) is 14.5. The summed E-state index contributed by atoms with van der Waals surface area (Å²) in [6, 6.07) is 10.8. The summed E-state index contributed by atoms with van der Waals surface area (Å²) in [4.78, 5) is 26.3. The minimum absolute atomic E-state index is 0. The molecule has 152 valence electrons. The van der Waals surface area contributed by atoms with Gasteiger partial charge in [0, 0.05) is 32.8 Å². The third kappa shape index (κ3) is 3.92. The molecule has 0 aliphatic heterocycles. The van der Waals surface area contributed by atoms with Gasteiger partial charge in [0.05, 0.1) is 23.8 Å². The smallest absolute Gasteiger partial charge is 0.320 e. The third-order valence-corrected chi connectivity index (χ3v) is 4.17. The first-order valence-corrected chi connectivity index (χ1v) is 8.97. The zero-order valence-electron chi connectivity index (χ0n) is 16.3. The van der Waals surface area contributed by atoms with Gasteiger partial charge in [0.25, 0.3) is 11.8 Å². The zero-order valence-corrected chi connectivity index (χ0v) is 16.3. The molecule has 4 rings (SSSR count). The highest BCUT2D eigenvalue weighted by molar-refractivity contribution is 5.94. The van der Waals surface area contributed by atoms with Gasteiger partial charge in [-0.25, -0.2) is 9.97 Å². The van der Waals surface area contributed by atoms with Gasteiger partial charge < -0.3 is 20.4 Å². The van der Waals surface area contributed by atoms with Crippen LogP contribution in [-0.4, -0.2) is 50.1 Å². The van der Waals surface area contributed by atoms with Crippen LogP contribution in [0.25, 0.3) is 22.8 Å². The molecule has 0 atom stereocenters. The fourth-order valence-electron chi connectivity index (χ4n) is 2.67. The molecule has 0 aliphatic rings. The normalized spacial score (nSPS) is 10.6. The van der Waals surface area contributed by atoms with E-state index in [0.717, 1.165) is 5.56 Å². The number of nitrogens with two attached hydrogens (primary N) is 1. The number of nitrogens with one attached hydrogen (secondary N) is 1. The molecule has 3 heterocycles. The lowest BCUT2D eigenvalue weighted by Crippen LogP contribution is -2.21. The minimum Gasteiger partial charge on any atom is -0.401 e. The summed E-state index contributed by atoms with van der Waals surface area (Å²) in [5, 5.41) is 10.9. The molecule has 3 N–H and O–H groups in total. The molecule has 0 spiro atoms. The number of pyridine rings is 1. The van der Waals surface area contributed by atoms with Crippen molar-refractivity contribution in [2.45, 2.75) is 0 Å². The Morgan fingerprint density at radius 1 is 1.13 bits per heavy atom. The number of hydrogen-bond donors (Lipinski definition) is 2. The summed E-state index contributed by atoms with van der Waals surface area (Å²) >= 11 is 0. The Balaban J connectivity index is 0.00000272. The summed E-state index contributed by atoms with van der Waals surface area (Å²) in [5.74, 6) is 0.215. The highest BCUT2D eigenvalue weighted by Gasteiger charge is 2.16. The van der Waals surface area contributed by atoms with Crippen LogP contribution in [0.5, 0.6) is 0 Å². The maximum absolute atomic E-state index is 12.1. The van der Waals surface area contributed by atoms with Crippen LogP contribution in [0.2, 0.25) is 0 Å². The molecule has 0 bridgehead atoms. The van der Waals surface area contributed by atoms with E-state index in [9.17, 15) is 4.79 Å². The number of aromatic nitrogens is 5. The summed E-state index contributed by atoms with van der Waals surface area (Å²) in [6.07, 6.45) is 4.84. The van der Waals surface area contributed by atoms with Crippen molar-refractivity contribution < 1.29 is 10.6 Å². The molecule has 10 nitrogen and oxygen atoms in total. The van der Waals surface area contributed by atoms with Crippen LogP contribution in [0.15, 0.2) is 59.4 Å². The molecule has 0 aliphatic carbocycles. The maximum atomic E-state index is 12.1. The van der Waals surface area contributed by atoms with Gasteiger partial charge in [0.2, 0.25) is 0 Å². The SMILES string of the molecule is CN(C)C(=O)c1ccc(-c2cnc(N)c(-c3nnc(Nc4cccnc4)o3)n2)cc1.[HH]. The van der Waals surface area contributed by atoms with Crippen molar-refractivity contribution >= 4 is 23.4 Å². The molecule has 0 fully saturated rings. The van der Waals surface area contributed by atoms with Crippen molar-refractivity contribution in [1.82, 2.24) is 30.0 Å². The van der Waals surface area contributed by atoms with Crippen molar-refractivity contribution in [2.75, 3.05) is 25.1 Å². The predicted octanol–water partition coefficient (Wildman–Crippen LogP) is 2.86. The molecule has 10 heteroatoms. The molecule has 0 saturated carbocycles. The monoisotopic (exact) mass is 404 g/mol. The number of anilines is 3. The number of carbonyl (C=O) groups excluding carboxylic acids is 1. The van der Waals surface area contributed by atoms with E-state index in [4.69, 9.17) is 10.2 Å². The summed E-state index contributed by atoms with van der Waals surface area (Å²) in [5.41, 5.74) is 8.86. The minimum atomic E-state index is -0.0786. The van der Waals surface area contributed by atoms with E-state index in [1.807, 2.05) is 6.07 Å². The van der Waals surface area contributed by atoms with Crippen LogP contribution >= 0.6 is 0 Å². The molecule has 4 aromatic rings. The number of hydrogen-bond acceptors (Lipinski definition) is 9. The van der Waals surface area contributed by atoms with E-state index in [1.54, 1.807) is 63.0 Å². The summed E-state index contributed by atoms with van der Waals surface area (Å²) in [7, 11) is 3.41. The van der Waals surface area contributed by atoms with Crippen LogP contribution in [0.1, 0.15) is 11.8 Å². The van der Waals surface area contributed by atoms with Crippen molar-refractivity contribution in [3.63, 3.8) is 0 Å². The molecule has 0 saturated heterocycles. The summed E-state index contributed by atoms with van der Waals surface area (Å²) in [6.45, 7) is 0. The highest BCUT2D eigenvalue weighted by Crippen LogP contribution is 2.27. The van der Waals surface area contributed by atoms with Gasteiger partial charge in [0.15, 0.2) is 11.5 Å². The van der Waals surface area contributed by atoms with E-state index in [2.05, 4.69) is 30.5 Å². The number of benzene rings is 1. The molecular formula is C20H20N8O2. The predicted molar refractivity (Wildman–Crippen MR) is 113 cm³/mol. The van der Waals surface area contributed by atoms with Crippen molar-refractivity contribution in [3.05, 3.63) is 60.6 Å². The Hall–Kier alpha value is -4.34. The summed E-state index contributed by atoms with van der Waals surface area (Å²) < 4.78 is 5.63. The topological polar surface area (TPSA) is 136 Å². The maximum Gasteiger partial charge on any atom is 0.320 e. The van der Waals surface area contributed by atoms with Gasteiger partial charge in [-0.1, -0.05) is 17.2 Å². The second-order valence-corrected chi connectivity index (χ2v) is 6.55. The van der Waals surface area contributed by atoms with E-state index in [0.29, 0.717) is 16.9 Å². The fourth-order valence-corrected chi connectivity index (χ4v) is 2.67. The Labute approximate surface area is 173 Å². The van der Waals surface area contributed by atoms with Crippen molar-refractivity contribution in [1.29, 1.82) is 0 Å². The average Bonchev–Trinajstić information content (AvgIpc) is 3.22. The van der Waals surface area contributed by atoms with Crippen LogP contribution in [0, 0.1) is 0 Å². The zero-order chi connectivity index (χ0) is 21.1. The molecule has 1 amide bonds. The Bertz CT molecular complexity index is 1180. The standard InChI is InChI=1S/C20H18N8O2.H2/c1-28(2)19(29)13-7-5-12(6-8-13)15-11-23-17(21)16(25-15)18-26-27-20(30-18)24-14-4-3-9-22-10-14;/h3-11H,1-2H3,(H2,21,23)(H,24,27);1H. The van der Waals surface area contributed by atoms with Gasteiger partial charge in [-0.15, -0.1) is 5.10 Å². The molecule has 0 radical (unpaired) electrons. The number of carbonyl (C=O) groups is 1. The third-order valence-electron chi connectivity index (χ3n) is 4.17. The van der Waals surface area contributed by atoms with Crippen molar-refractivity contribution in [2.24, 2.45) is 0 Å². The van der Waals surface area contributed by atoms with Crippen LogP contribution < -0.4 is 11.1 Å². The largest absolute Gasteiger partial charge is 0.401 e. The van der Waals surface area contributed by atoms with Gasteiger partial charge in [0.1, 0.15) is 0 Å². The Kier molecular flexibility index (Phi) is 5.04. The quantitative estimate of drug-likeness (QED) is 0.514. The van der Waals surface area contributed by atoms with E-state index in [1.165, 1.54) is 4.90 Å². The molecule has 0 unspecified atom stereocenters. The highest BCUT2D eigenvalue weighted by atomic mass is 16.4. The molecular weight excluding hydrogens is 384 g/mol. The Morgan fingerprint density at radius 2 is 1.93 bits per heavy atom. The van der Waals surface area contributed by atoms with E-state index >= 15 is 0 Å². The lowest BCUT2D eigenvalue weighted by molar-refractivity contribution is 0.0827. The first kappa shape index (κ1) is 19.0. The number of nitrogens with zero attached hydrogens (tertiary/aromatic N) is 6. The van der Waals surface area contributed by atoms with E-state index in [-0.39, 0.29) is 30.8 Å². The second-order valence-electron chi connectivity index (χ2n) is 6.55. The molecule has 30 heavy (non-hydrogen) atoms. The van der Waals surface area contributed by atoms with Gasteiger partial charge >= 0.3 is 6.01 Å². The van der Waals surface area contributed by atoms with E-state index < -0.39 is 0 Å². The van der Waals surface area contributed by atoms with Gasteiger partial charge in [-0.05, 0) is 24.3 Å². The molecule has 3 aromatic heterocycles.